The molecule has 1 aliphatic carbocycles. The van der Waals surface area contributed by atoms with E-state index in [1.165, 1.54) is 28.5 Å². The summed E-state index contributed by atoms with van der Waals surface area (Å²) in [5.74, 6) is -3.30. The number of nitrogens with one attached hydrogen (secondary N) is 6. The number of hydrogen-bond acceptors (Lipinski definition) is 18. The molecule has 4 fully saturated rings. The van der Waals surface area contributed by atoms with E-state index >= 15 is 4.39 Å². The number of thiazole rings is 3. The van der Waals surface area contributed by atoms with E-state index < -0.39 is 78.0 Å². The molecule has 9 N–H and O–H groups in total. The number of carbonyl (C=O) groups is 9. The van der Waals surface area contributed by atoms with E-state index in [9.17, 15) is 58.5 Å². The van der Waals surface area contributed by atoms with Crippen LogP contribution < -0.4 is 31.9 Å². The average molecular weight is 1590 g/mol. The second-order valence-electron chi connectivity index (χ2n) is 34.5. The molecule has 3 aromatic carbocycles. The zero-order valence-electron chi connectivity index (χ0n) is 67.3. The molecule has 3 aliphatic heterocycles. The third kappa shape index (κ3) is 25.0. The van der Waals surface area contributed by atoms with E-state index in [1.54, 1.807) is 39.5 Å². The summed E-state index contributed by atoms with van der Waals surface area (Å²) in [7, 11) is 0. The Morgan fingerprint density at radius 3 is 1.17 bits per heavy atom. The lowest BCUT2D eigenvalue weighted by atomic mass is 9.78. The van der Waals surface area contributed by atoms with Gasteiger partial charge in [0.2, 0.25) is 53.2 Å². The van der Waals surface area contributed by atoms with Crippen molar-refractivity contribution in [2.24, 2.45) is 28.1 Å². The molecule has 0 spiro atoms. The first-order chi connectivity index (χ1) is 51.9. The van der Waals surface area contributed by atoms with Crippen LogP contribution in [0, 0.1) is 48.9 Å². The van der Waals surface area contributed by atoms with Gasteiger partial charge in [-0.25, -0.2) is 19.3 Å². The number of benzene rings is 3. The number of aliphatic hydroxyl groups is 3. The lowest BCUT2D eigenvalue weighted by Gasteiger charge is -2.37. The summed E-state index contributed by atoms with van der Waals surface area (Å²) < 4.78 is 15.1. The van der Waals surface area contributed by atoms with Crippen LogP contribution in [0.4, 0.5) is 4.39 Å². The standard InChI is InChI=1S/C29H40N4O4S.C27H37FN4O4S.C27H38N4O4S/c1-17(19-9-11-21(12-10-19)26-18(2)30-16-38-26)31-27(36)23-13-22(34)15-33(23)28(37)25(20-7-6-8-20)32-24(35)14-29(3,4)5;1-16-22(37-15-30-16)18-9-7-17(8-10-18)13-29-24(35)20-11-19(33)14-32(20)25(36)23(27(5,6)28)31-21(34)12-26(2,3)4;1-16(2)23(30-22(33)12-27(4,5)6)26(35)31-14-20(32)11-21(31)25(34)28-13-18-7-9-19(10-8-18)24-17(3)29-15-36-24/h9-12,16-17,20,22-23,25,34H,6-8,13-15H2,1-5H3,(H,31,36)(H,32,35);7-10,15,19-20,23,33H,11-14H2,1-6H3,(H,29,35)(H,31,34);7-10,15-16,20-21,23,32H,11-14H2,1-6H3,(H,28,34)(H,30,33). The Kier molecular flexibility index (Phi) is 30.1. The largest absolute Gasteiger partial charge is 0.391 e. The van der Waals surface area contributed by atoms with E-state index in [4.69, 9.17) is 0 Å². The molecule has 9 amide bonds. The first-order valence-corrected chi connectivity index (χ1v) is 41.0. The van der Waals surface area contributed by atoms with Crippen molar-refractivity contribution in [3.8, 4) is 31.3 Å². The van der Waals surface area contributed by atoms with Gasteiger partial charge in [0.15, 0.2) is 0 Å². The molecule has 604 valence electrons. The van der Waals surface area contributed by atoms with Gasteiger partial charge in [-0.15, -0.1) is 34.0 Å². The van der Waals surface area contributed by atoms with Gasteiger partial charge in [0.1, 0.15) is 41.9 Å². The van der Waals surface area contributed by atoms with E-state index in [0.29, 0.717) is 13.0 Å². The van der Waals surface area contributed by atoms with Crippen LogP contribution in [0.2, 0.25) is 0 Å². The molecule has 10 unspecified atom stereocenters. The van der Waals surface area contributed by atoms with E-state index in [1.807, 2.05) is 188 Å². The van der Waals surface area contributed by atoms with Gasteiger partial charge in [0.05, 0.1) is 72.6 Å². The lowest BCUT2D eigenvalue weighted by Crippen LogP contribution is -2.59. The smallest absolute Gasteiger partial charge is 0.249 e. The Balaban J connectivity index is 0.000000209. The number of aliphatic hydroxyl groups excluding tert-OH is 3. The molecule has 6 aromatic rings. The number of carbonyl (C=O) groups excluding carboxylic acids is 9. The minimum absolute atomic E-state index is 0.0382. The van der Waals surface area contributed by atoms with Crippen molar-refractivity contribution >= 4 is 87.2 Å². The summed E-state index contributed by atoms with van der Waals surface area (Å²) in [5.41, 5.74) is 11.5. The van der Waals surface area contributed by atoms with Crippen molar-refractivity contribution in [2.45, 2.75) is 255 Å². The molecule has 3 saturated heterocycles. The Bertz CT molecular complexity index is 4190. The number of halogens is 1. The second kappa shape index (κ2) is 37.9. The van der Waals surface area contributed by atoms with Crippen LogP contribution in [0.5, 0.6) is 0 Å². The van der Waals surface area contributed by atoms with Crippen molar-refractivity contribution in [2.75, 3.05) is 19.6 Å². The summed E-state index contributed by atoms with van der Waals surface area (Å²) in [6, 6.07) is 18.0. The van der Waals surface area contributed by atoms with Gasteiger partial charge in [-0.2, -0.15) is 0 Å². The van der Waals surface area contributed by atoms with Crippen LogP contribution in [0.3, 0.4) is 0 Å². The highest BCUT2D eigenvalue weighted by Gasteiger charge is 2.48. The summed E-state index contributed by atoms with van der Waals surface area (Å²) in [6.45, 7) is 32.0. The Labute approximate surface area is 664 Å². The maximum atomic E-state index is 15.1. The first kappa shape index (κ1) is 88.2. The highest BCUT2D eigenvalue weighted by molar-refractivity contribution is 7.14. The quantitative estimate of drug-likeness (QED) is 0.0272. The van der Waals surface area contributed by atoms with Gasteiger partial charge in [-0.1, -0.05) is 155 Å². The van der Waals surface area contributed by atoms with Gasteiger partial charge in [-0.3, -0.25) is 43.2 Å². The average Bonchev–Trinajstić information content (AvgIpc) is 1.76. The Morgan fingerprint density at radius 2 is 0.829 bits per heavy atom. The molecule has 10 rings (SSSR count). The van der Waals surface area contributed by atoms with Gasteiger partial charge in [-0.05, 0) is 116 Å². The monoisotopic (exact) mass is 1590 g/mol. The molecular formula is C83H115FN12O12S3. The highest BCUT2D eigenvalue weighted by Crippen LogP contribution is 2.36. The van der Waals surface area contributed by atoms with Crippen LogP contribution >= 0.6 is 34.0 Å². The molecule has 111 heavy (non-hydrogen) atoms. The van der Waals surface area contributed by atoms with Gasteiger partial charge >= 0.3 is 0 Å². The predicted molar refractivity (Wildman–Crippen MR) is 431 cm³/mol. The van der Waals surface area contributed by atoms with Crippen molar-refractivity contribution in [1.29, 1.82) is 0 Å². The number of aryl methyl sites for hydroxylation is 3. The topological polar surface area (TPSA) is 335 Å². The van der Waals surface area contributed by atoms with Crippen LogP contribution in [-0.2, 0) is 56.2 Å². The number of β-amino-alcohol motifs (C(OH)–C–C–N with tert-alkyl or cyclic N) is 3. The third-order valence-corrected chi connectivity index (χ3v) is 22.9. The van der Waals surface area contributed by atoms with E-state index in [2.05, 4.69) is 46.9 Å². The lowest BCUT2D eigenvalue weighted by molar-refractivity contribution is -0.145. The predicted octanol–water partition coefficient (Wildman–Crippen LogP) is 10.6. The molecule has 24 nitrogen and oxygen atoms in total. The summed E-state index contributed by atoms with van der Waals surface area (Å²) in [4.78, 5) is 138. The second-order valence-corrected chi connectivity index (χ2v) is 37.0. The fourth-order valence-corrected chi connectivity index (χ4v) is 16.4. The van der Waals surface area contributed by atoms with E-state index in [0.717, 1.165) is 84.4 Å². The third-order valence-electron chi connectivity index (χ3n) is 20.0. The van der Waals surface area contributed by atoms with Crippen molar-refractivity contribution in [3.63, 3.8) is 0 Å². The zero-order valence-corrected chi connectivity index (χ0v) is 69.7. The molecular weight excluding hydrogens is 1470 g/mol. The van der Waals surface area contributed by atoms with Gasteiger partial charge in [0, 0.05) is 71.2 Å². The molecule has 6 heterocycles. The number of alkyl halides is 1. The summed E-state index contributed by atoms with van der Waals surface area (Å²) in [5, 5.41) is 48.1. The number of likely N-dealkylation sites (tertiary alicyclic amines) is 3. The summed E-state index contributed by atoms with van der Waals surface area (Å²) in [6.07, 6.45) is 1.38. The number of hydrogen-bond donors (Lipinski definition) is 9. The fourth-order valence-electron chi connectivity index (χ4n) is 14.0. The van der Waals surface area contributed by atoms with Gasteiger partial charge in [0.25, 0.3) is 0 Å². The van der Waals surface area contributed by atoms with Crippen LogP contribution in [0.1, 0.15) is 195 Å². The normalized spacial score (nSPS) is 19.8. The van der Waals surface area contributed by atoms with Crippen molar-refractivity contribution < 1.29 is 62.9 Å². The minimum atomic E-state index is -2.07. The number of amides is 9. The molecule has 3 aromatic heterocycles. The highest BCUT2D eigenvalue weighted by atomic mass is 32.1. The Hall–Kier alpha value is -8.41. The fraction of sp³-hybridized carbons (Fsp3) is 0.566. The van der Waals surface area contributed by atoms with Crippen molar-refractivity contribution in [1.82, 2.24) is 61.6 Å². The maximum Gasteiger partial charge on any atom is 0.249 e. The van der Waals surface area contributed by atoms with Crippen LogP contribution in [0.25, 0.3) is 31.3 Å². The Morgan fingerprint density at radius 1 is 0.477 bits per heavy atom. The molecule has 10 atom stereocenters. The van der Waals surface area contributed by atoms with Crippen LogP contribution in [0.15, 0.2) is 89.3 Å². The first-order valence-electron chi connectivity index (χ1n) is 38.3. The number of aromatic nitrogens is 3. The zero-order chi connectivity index (χ0) is 81.8. The number of rotatable bonds is 24. The SMILES string of the molecule is Cc1ncsc1-c1ccc(C(C)NC(=O)C2CC(O)CN2C(=O)C(NC(=O)CC(C)(C)C)C2CCC2)cc1.Cc1ncsc1-c1ccc(CNC(=O)C2CC(O)CN2C(=O)C(NC(=O)CC(C)(C)C)C(C)(C)F)cc1.Cc1ncsc1-c1ccc(CNC(=O)C2CC(O)CN2C(=O)C(NC(=O)CC(C)(C)C)C(C)C)cc1. The van der Waals surface area contributed by atoms with Crippen LogP contribution in [-0.4, -0.2) is 178 Å². The molecule has 28 heteroatoms. The molecule has 0 bridgehead atoms. The number of nitrogens with zero attached hydrogens (tertiary/aromatic N) is 6. The molecule has 0 radical (unpaired) electrons. The minimum Gasteiger partial charge on any atom is -0.391 e. The molecule has 4 aliphatic rings. The maximum absolute atomic E-state index is 15.1. The van der Waals surface area contributed by atoms with Crippen molar-refractivity contribution in [3.05, 3.63) is 123 Å². The van der Waals surface area contributed by atoms with E-state index in [-0.39, 0.29) is 128 Å². The molecule has 1 saturated carbocycles. The summed E-state index contributed by atoms with van der Waals surface area (Å²) >= 11 is 4.75. The van der Waals surface area contributed by atoms with Gasteiger partial charge < -0.3 is 61.9 Å².